The van der Waals surface area contributed by atoms with Crippen molar-refractivity contribution in [1.29, 1.82) is 0 Å². The van der Waals surface area contributed by atoms with E-state index in [4.69, 9.17) is 23.2 Å². The van der Waals surface area contributed by atoms with Crippen LogP contribution in [-0.2, 0) is 0 Å². The van der Waals surface area contributed by atoms with E-state index in [0.717, 1.165) is 18.0 Å². The standard InChI is InChI=1S/C12H17Cl2N/c1-10(15(2)8-4-7-13)11-5-3-6-12(14)9-11/h3,5-6,9-10H,4,7-8H2,1-2H3. The Labute approximate surface area is 102 Å². The Kier molecular flexibility index (Phi) is 5.44. The molecule has 0 radical (unpaired) electrons. The lowest BCUT2D eigenvalue weighted by Gasteiger charge is -2.24. The van der Waals surface area contributed by atoms with Crippen LogP contribution in [0.5, 0.6) is 0 Å². The van der Waals surface area contributed by atoms with Gasteiger partial charge in [-0.25, -0.2) is 0 Å². The molecular formula is C12H17Cl2N. The van der Waals surface area contributed by atoms with E-state index < -0.39 is 0 Å². The Morgan fingerprint density at radius 3 is 2.73 bits per heavy atom. The molecular weight excluding hydrogens is 229 g/mol. The molecule has 1 aromatic carbocycles. The normalized spacial score (nSPS) is 13.1. The number of benzene rings is 1. The molecule has 1 aromatic rings. The molecule has 0 aliphatic carbocycles. The summed E-state index contributed by atoms with van der Waals surface area (Å²) in [6.45, 7) is 3.19. The summed E-state index contributed by atoms with van der Waals surface area (Å²) in [5.41, 5.74) is 1.25. The first kappa shape index (κ1) is 12.8. The van der Waals surface area contributed by atoms with Gasteiger partial charge in [-0.1, -0.05) is 23.7 Å². The predicted octanol–water partition coefficient (Wildman–Crippen LogP) is 3.96. The van der Waals surface area contributed by atoms with Gasteiger partial charge >= 0.3 is 0 Å². The highest BCUT2D eigenvalue weighted by molar-refractivity contribution is 6.30. The summed E-state index contributed by atoms with van der Waals surface area (Å²) >= 11 is 11.6. The Hall–Kier alpha value is -0.240. The van der Waals surface area contributed by atoms with Crippen LogP contribution in [0.3, 0.4) is 0 Å². The van der Waals surface area contributed by atoms with Crippen molar-refractivity contribution >= 4 is 23.2 Å². The van der Waals surface area contributed by atoms with Crippen LogP contribution in [0.1, 0.15) is 24.9 Å². The molecule has 1 unspecified atom stereocenters. The molecule has 0 heterocycles. The fourth-order valence-electron chi connectivity index (χ4n) is 1.52. The summed E-state index contributed by atoms with van der Waals surface area (Å²) < 4.78 is 0. The van der Waals surface area contributed by atoms with Gasteiger partial charge in [-0.3, -0.25) is 4.90 Å². The molecule has 0 N–H and O–H groups in total. The van der Waals surface area contributed by atoms with E-state index in [1.807, 2.05) is 18.2 Å². The third-order valence-electron chi connectivity index (χ3n) is 2.64. The van der Waals surface area contributed by atoms with Gasteiger partial charge < -0.3 is 0 Å². The van der Waals surface area contributed by atoms with Gasteiger partial charge in [0.25, 0.3) is 0 Å². The van der Waals surface area contributed by atoms with Crippen molar-refractivity contribution in [3.05, 3.63) is 34.9 Å². The number of halogens is 2. The van der Waals surface area contributed by atoms with Crippen LogP contribution in [-0.4, -0.2) is 24.4 Å². The highest BCUT2D eigenvalue weighted by Gasteiger charge is 2.10. The number of hydrogen-bond acceptors (Lipinski definition) is 1. The SMILES string of the molecule is CC(c1cccc(Cl)c1)N(C)CCCCl. The molecule has 1 nitrogen and oxygen atoms in total. The molecule has 0 aromatic heterocycles. The van der Waals surface area contributed by atoms with Crippen LogP contribution >= 0.6 is 23.2 Å². The van der Waals surface area contributed by atoms with Crippen molar-refractivity contribution in [3.63, 3.8) is 0 Å². The Bertz CT molecular complexity index is 301. The van der Waals surface area contributed by atoms with Gasteiger partial charge in [0.2, 0.25) is 0 Å². The molecule has 15 heavy (non-hydrogen) atoms. The molecule has 0 fully saturated rings. The van der Waals surface area contributed by atoms with Crippen LogP contribution in [0.4, 0.5) is 0 Å². The van der Waals surface area contributed by atoms with Gasteiger partial charge in [-0.15, -0.1) is 11.6 Å². The van der Waals surface area contributed by atoms with Gasteiger partial charge in [0.05, 0.1) is 0 Å². The molecule has 3 heteroatoms. The lowest BCUT2D eigenvalue weighted by Crippen LogP contribution is -2.23. The van der Waals surface area contributed by atoms with Crippen LogP contribution in [0, 0.1) is 0 Å². The maximum atomic E-state index is 5.96. The summed E-state index contributed by atoms with van der Waals surface area (Å²) in [6, 6.07) is 8.39. The first-order valence-electron chi connectivity index (χ1n) is 5.17. The summed E-state index contributed by atoms with van der Waals surface area (Å²) in [5.74, 6) is 0.715. The van der Waals surface area contributed by atoms with Gasteiger partial charge in [0.15, 0.2) is 0 Å². The smallest absolute Gasteiger partial charge is 0.0409 e. The van der Waals surface area contributed by atoms with Crippen molar-refractivity contribution in [2.24, 2.45) is 0 Å². The monoisotopic (exact) mass is 245 g/mol. The van der Waals surface area contributed by atoms with Crippen molar-refractivity contribution in [2.75, 3.05) is 19.5 Å². The maximum Gasteiger partial charge on any atom is 0.0409 e. The third-order valence-corrected chi connectivity index (χ3v) is 3.14. The highest BCUT2D eigenvalue weighted by Crippen LogP contribution is 2.21. The third kappa shape index (κ3) is 4.02. The summed E-state index contributed by atoms with van der Waals surface area (Å²) in [6.07, 6.45) is 1.02. The van der Waals surface area contributed by atoms with E-state index >= 15 is 0 Å². The van der Waals surface area contributed by atoms with E-state index in [9.17, 15) is 0 Å². The van der Waals surface area contributed by atoms with Crippen molar-refractivity contribution < 1.29 is 0 Å². The first-order valence-corrected chi connectivity index (χ1v) is 6.08. The van der Waals surface area contributed by atoms with Gasteiger partial charge in [-0.2, -0.15) is 0 Å². The highest BCUT2D eigenvalue weighted by atomic mass is 35.5. The second-order valence-corrected chi connectivity index (χ2v) is 4.57. The molecule has 1 atom stereocenters. The number of hydrogen-bond donors (Lipinski definition) is 0. The second-order valence-electron chi connectivity index (χ2n) is 3.75. The van der Waals surface area contributed by atoms with Crippen molar-refractivity contribution in [1.82, 2.24) is 4.90 Å². The molecule has 0 bridgehead atoms. The average Bonchev–Trinajstić information content (AvgIpc) is 2.24. The van der Waals surface area contributed by atoms with Crippen molar-refractivity contribution in [2.45, 2.75) is 19.4 Å². The second kappa shape index (κ2) is 6.37. The lowest BCUT2D eigenvalue weighted by molar-refractivity contribution is 0.263. The minimum absolute atomic E-state index is 0.381. The van der Waals surface area contributed by atoms with Crippen LogP contribution in [0.15, 0.2) is 24.3 Å². The fraction of sp³-hybridized carbons (Fsp3) is 0.500. The molecule has 0 saturated carbocycles. The fourth-order valence-corrected chi connectivity index (χ4v) is 1.84. The van der Waals surface area contributed by atoms with E-state index in [-0.39, 0.29) is 0 Å². The van der Waals surface area contributed by atoms with E-state index in [2.05, 4.69) is 24.9 Å². The van der Waals surface area contributed by atoms with E-state index in [1.165, 1.54) is 5.56 Å². The van der Waals surface area contributed by atoms with Gasteiger partial charge in [-0.05, 0) is 44.6 Å². The van der Waals surface area contributed by atoms with Gasteiger partial charge in [0, 0.05) is 16.9 Å². The minimum Gasteiger partial charge on any atom is -0.300 e. The lowest BCUT2D eigenvalue weighted by atomic mass is 10.1. The molecule has 1 rings (SSSR count). The molecule has 0 amide bonds. The van der Waals surface area contributed by atoms with Crippen molar-refractivity contribution in [3.8, 4) is 0 Å². The molecule has 0 spiro atoms. The maximum absolute atomic E-state index is 5.96. The summed E-state index contributed by atoms with van der Waals surface area (Å²) in [5, 5.41) is 0.796. The number of rotatable bonds is 5. The van der Waals surface area contributed by atoms with Crippen LogP contribution < -0.4 is 0 Å². The Balaban J connectivity index is 2.62. The molecule has 0 saturated heterocycles. The zero-order valence-corrected chi connectivity index (χ0v) is 10.7. The molecule has 84 valence electrons. The van der Waals surface area contributed by atoms with Crippen LogP contribution in [0.25, 0.3) is 0 Å². The molecule has 0 aliphatic rings. The summed E-state index contributed by atoms with van der Waals surface area (Å²) in [7, 11) is 2.11. The largest absolute Gasteiger partial charge is 0.300 e. The Morgan fingerprint density at radius 2 is 2.13 bits per heavy atom. The minimum atomic E-state index is 0.381. The summed E-state index contributed by atoms with van der Waals surface area (Å²) in [4.78, 5) is 2.29. The average molecular weight is 246 g/mol. The van der Waals surface area contributed by atoms with Gasteiger partial charge in [0.1, 0.15) is 0 Å². The first-order chi connectivity index (χ1) is 7.15. The van der Waals surface area contributed by atoms with E-state index in [1.54, 1.807) is 0 Å². The molecule has 0 aliphatic heterocycles. The zero-order chi connectivity index (χ0) is 11.3. The zero-order valence-electron chi connectivity index (χ0n) is 9.21. The Morgan fingerprint density at radius 1 is 1.40 bits per heavy atom. The number of alkyl halides is 1. The number of nitrogens with zero attached hydrogens (tertiary/aromatic N) is 1. The quantitative estimate of drug-likeness (QED) is 0.711. The van der Waals surface area contributed by atoms with E-state index in [0.29, 0.717) is 11.9 Å². The van der Waals surface area contributed by atoms with Crippen LogP contribution in [0.2, 0.25) is 5.02 Å². The predicted molar refractivity (Wildman–Crippen MR) is 67.8 cm³/mol. The topological polar surface area (TPSA) is 3.24 Å².